The van der Waals surface area contributed by atoms with E-state index in [0.717, 1.165) is 6.29 Å². The lowest BCUT2D eigenvalue weighted by Gasteiger charge is -2.21. The van der Waals surface area contributed by atoms with Crippen LogP contribution in [0, 0.1) is 5.41 Å². The number of carbonyl (C=O) groups is 2. The van der Waals surface area contributed by atoms with Crippen LogP contribution in [0.5, 0.6) is 0 Å². The Labute approximate surface area is 67.0 Å². The van der Waals surface area contributed by atoms with E-state index in [9.17, 15) is 9.59 Å². The van der Waals surface area contributed by atoms with Crippen LogP contribution in [0.25, 0.3) is 0 Å². The van der Waals surface area contributed by atoms with E-state index in [0.29, 0.717) is 12.8 Å². The molecule has 0 rings (SSSR count). The second-order valence-electron chi connectivity index (χ2n) is 2.61. The van der Waals surface area contributed by atoms with Crippen LogP contribution in [0.15, 0.2) is 0 Å². The molecule has 0 aromatic rings. The van der Waals surface area contributed by atoms with Gasteiger partial charge in [0.1, 0.15) is 6.29 Å². The summed E-state index contributed by atoms with van der Waals surface area (Å²) in [7, 11) is 0. The largest absolute Gasteiger partial charge is 0.324 e. The second kappa shape index (κ2) is 4.23. The van der Waals surface area contributed by atoms with Gasteiger partial charge in [0.15, 0.2) is 5.78 Å². The standard InChI is InChI=1S/C8H15NO2/c1-3-8(4-2,6-10)7(11)5-9/h6H,3-5,9H2,1-2H3. The van der Waals surface area contributed by atoms with Gasteiger partial charge in [0.2, 0.25) is 0 Å². The highest BCUT2D eigenvalue weighted by Gasteiger charge is 2.32. The van der Waals surface area contributed by atoms with Crippen LogP contribution < -0.4 is 5.73 Å². The first kappa shape index (κ1) is 10.3. The topological polar surface area (TPSA) is 60.2 Å². The molecule has 64 valence electrons. The Morgan fingerprint density at radius 3 is 2.00 bits per heavy atom. The summed E-state index contributed by atoms with van der Waals surface area (Å²) in [5, 5.41) is 0. The van der Waals surface area contributed by atoms with Gasteiger partial charge in [0.05, 0.1) is 12.0 Å². The lowest BCUT2D eigenvalue weighted by molar-refractivity contribution is -0.134. The highest BCUT2D eigenvalue weighted by atomic mass is 16.1. The lowest BCUT2D eigenvalue weighted by atomic mass is 9.80. The minimum Gasteiger partial charge on any atom is -0.324 e. The van der Waals surface area contributed by atoms with E-state index < -0.39 is 5.41 Å². The maximum atomic E-state index is 11.2. The fraction of sp³-hybridized carbons (Fsp3) is 0.750. The van der Waals surface area contributed by atoms with Crippen LogP contribution in [0.4, 0.5) is 0 Å². The van der Waals surface area contributed by atoms with Crippen LogP contribution in [0.2, 0.25) is 0 Å². The van der Waals surface area contributed by atoms with E-state index >= 15 is 0 Å². The zero-order valence-corrected chi connectivity index (χ0v) is 7.09. The highest BCUT2D eigenvalue weighted by molar-refractivity contribution is 5.99. The van der Waals surface area contributed by atoms with Crippen molar-refractivity contribution in [3.63, 3.8) is 0 Å². The predicted molar refractivity (Wildman–Crippen MR) is 43.1 cm³/mol. The normalized spacial score (nSPS) is 11.2. The van der Waals surface area contributed by atoms with Gasteiger partial charge in [-0.1, -0.05) is 13.8 Å². The van der Waals surface area contributed by atoms with Crippen LogP contribution in [0.1, 0.15) is 26.7 Å². The third-order valence-electron chi connectivity index (χ3n) is 2.23. The fourth-order valence-corrected chi connectivity index (χ4v) is 1.08. The zero-order valence-electron chi connectivity index (χ0n) is 7.09. The van der Waals surface area contributed by atoms with Crippen molar-refractivity contribution in [2.24, 2.45) is 11.1 Å². The maximum absolute atomic E-state index is 11.2. The van der Waals surface area contributed by atoms with Gasteiger partial charge < -0.3 is 10.5 Å². The molecule has 0 aromatic carbocycles. The Morgan fingerprint density at radius 2 is 1.91 bits per heavy atom. The Hall–Kier alpha value is -0.700. The molecule has 0 aliphatic carbocycles. The average molecular weight is 157 g/mol. The van der Waals surface area contributed by atoms with Crippen molar-refractivity contribution < 1.29 is 9.59 Å². The van der Waals surface area contributed by atoms with Crippen molar-refractivity contribution in [2.75, 3.05) is 6.54 Å². The van der Waals surface area contributed by atoms with Crippen LogP contribution in [-0.4, -0.2) is 18.6 Å². The molecule has 0 aliphatic rings. The summed E-state index contributed by atoms with van der Waals surface area (Å²) in [4.78, 5) is 21.8. The van der Waals surface area contributed by atoms with E-state index in [2.05, 4.69) is 0 Å². The Kier molecular flexibility index (Phi) is 3.97. The number of Topliss-reactive ketones (excluding diaryl/α,β-unsaturated/α-hetero) is 1. The number of ketones is 1. The lowest BCUT2D eigenvalue weighted by Crippen LogP contribution is -2.36. The molecule has 3 nitrogen and oxygen atoms in total. The summed E-state index contributed by atoms with van der Waals surface area (Å²) >= 11 is 0. The Balaban J connectivity index is 4.53. The minimum absolute atomic E-state index is 0.0413. The van der Waals surface area contributed by atoms with E-state index in [1.807, 2.05) is 13.8 Å². The molecule has 0 aromatic heterocycles. The molecule has 0 saturated carbocycles. The first-order valence-corrected chi connectivity index (χ1v) is 3.86. The molecule has 3 heteroatoms. The third-order valence-corrected chi connectivity index (χ3v) is 2.23. The molecular weight excluding hydrogens is 142 g/mol. The Bertz CT molecular complexity index is 150. The molecule has 2 N–H and O–H groups in total. The summed E-state index contributed by atoms with van der Waals surface area (Å²) < 4.78 is 0. The number of aldehydes is 1. The zero-order chi connectivity index (χ0) is 8.91. The molecule has 0 heterocycles. The molecule has 0 amide bonds. The fourth-order valence-electron chi connectivity index (χ4n) is 1.08. The molecule has 0 aliphatic heterocycles. The van der Waals surface area contributed by atoms with Crippen molar-refractivity contribution >= 4 is 12.1 Å². The molecule has 0 saturated heterocycles. The van der Waals surface area contributed by atoms with E-state index in [1.54, 1.807) is 0 Å². The first-order valence-electron chi connectivity index (χ1n) is 3.86. The first-order chi connectivity index (χ1) is 5.16. The van der Waals surface area contributed by atoms with Crippen molar-refractivity contribution in [1.82, 2.24) is 0 Å². The third kappa shape index (κ3) is 1.87. The van der Waals surface area contributed by atoms with Crippen molar-refractivity contribution in [2.45, 2.75) is 26.7 Å². The summed E-state index contributed by atoms with van der Waals surface area (Å²) in [6, 6.07) is 0. The second-order valence-corrected chi connectivity index (χ2v) is 2.61. The SMILES string of the molecule is CCC(C=O)(CC)C(=O)CN. The number of nitrogens with two attached hydrogens (primary N) is 1. The monoisotopic (exact) mass is 157 g/mol. The molecule has 0 fully saturated rings. The molecule has 11 heavy (non-hydrogen) atoms. The molecular formula is C8H15NO2. The molecule has 0 atom stereocenters. The van der Waals surface area contributed by atoms with E-state index in [4.69, 9.17) is 5.73 Å². The van der Waals surface area contributed by atoms with Gasteiger partial charge >= 0.3 is 0 Å². The quantitative estimate of drug-likeness (QED) is 0.467. The highest BCUT2D eigenvalue weighted by Crippen LogP contribution is 2.23. The van der Waals surface area contributed by atoms with Crippen molar-refractivity contribution in [3.05, 3.63) is 0 Å². The number of rotatable bonds is 5. The van der Waals surface area contributed by atoms with Crippen molar-refractivity contribution in [3.8, 4) is 0 Å². The van der Waals surface area contributed by atoms with Crippen LogP contribution in [0.3, 0.4) is 0 Å². The predicted octanol–water partition coefficient (Wildman–Crippen LogP) is 0.520. The Morgan fingerprint density at radius 1 is 1.45 bits per heavy atom. The van der Waals surface area contributed by atoms with Crippen LogP contribution in [-0.2, 0) is 9.59 Å². The number of hydrogen-bond donors (Lipinski definition) is 1. The van der Waals surface area contributed by atoms with E-state index in [-0.39, 0.29) is 12.3 Å². The van der Waals surface area contributed by atoms with Crippen molar-refractivity contribution in [1.29, 1.82) is 0 Å². The maximum Gasteiger partial charge on any atom is 0.159 e. The van der Waals surface area contributed by atoms with Crippen LogP contribution >= 0.6 is 0 Å². The molecule has 0 bridgehead atoms. The number of hydrogen-bond acceptors (Lipinski definition) is 3. The van der Waals surface area contributed by atoms with Gasteiger partial charge in [0.25, 0.3) is 0 Å². The number of carbonyl (C=O) groups excluding carboxylic acids is 2. The van der Waals surface area contributed by atoms with E-state index in [1.165, 1.54) is 0 Å². The van der Waals surface area contributed by atoms with Gasteiger partial charge in [0, 0.05) is 0 Å². The molecule has 0 radical (unpaired) electrons. The minimum atomic E-state index is -0.811. The molecule has 0 spiro atoms. The summed E-state index contributed by atoms with van der Waals surface area (Å²) in [5.41, 5.74) is 4.37. The average Bonchev–Trinajstić information content (AvgIpc) is 2.08. The molecule has 0 unspecified atom stereocenters. The van der Waals surface area contributed by atoms with Gasteiger partial charge in [-0.3, -0.25) is 4.79 Å². The van der Waals surface area contributed by atoms with Gasteiger partial charge in [-0.05, 0) is 12.8 Å². The summed E-state index contributed by atoms with van der Waals surface area (Å²) in [6.07, 6.45) is 1.81. The van der Waals surface area contributed by atoms with Gasteiger partial charge in [-0.2, -0.15) is 0 Å². The summed E-state index contributed by atoms with van der Waals surface area (Å²) in [5.74, 6) is -0.155. The van der Waals surface area contributed by atoms with Gasteiger partial charge in [-0.25, -0.2) is 0 Å². The van der Waals surface area contributed by atoms with Gasteiger partial charge in [-0.15, -0.1) is 0 Å². The smallest absolute Gasteiger partial charge is 0.159 e. The summed E-state index contributed by atoms with van der Waals surface area (Å²) in [6.45, 7) is 3.61.